The van der Waals surface area contributed by atoms with Gasteiger partial charge in [-0.15, -0.1) is 0 Å². The van der Waals surface area contributed by atoms with Crippen molar-refractivity contribution >= 4 is 96.8 Å². The van der Waals surface area contributed by atoms with Crippen LogP contribution in [0.5, 0.6) is 23.0 Å². The molecule has 6 heteroatoms. The predicted octanol–water partition coefficient (Wildman–Crippen LogP) is 4.03. The van der Waals surface area contributed by atoms with Crippen LogP contribution < -0.4 is 63.0 Å². The molecule has 0 fully saturated rings. The van der Waals surface area contributed by atoms with E-state index in [1.807, 2.05) is 0 Å². The van der Waals surface area contributed by atoms with Crippen molar-refractivity contribution in [2.45, 2.75) is 0 Å². The summed E-state index contributed by atoms with van der Waals surface area (Å²) >= 11 is 0. The molecule has 8 aromatic carbocycles. The molecule has 0 saturated carbocycles. The lowest BCUT2D eigenvalue weighted by Crippen LogP contribution is -2.93. The second kappa shape index (κ2) is 10.3. The topological polar surface area (TPSA) is 23.4 Å². The molecule has 1 atom stereocenters. The number of fused-ring (bicyclic) bond motifs is 15. The molecule has 0 saturated heterocycles. The van der Waals surface area contributed by atoms with E-state index < -0.39 is 8.07 Å². The molecule has 9 aromatic rings. The first-order chi connectivity index (χ1) is 26.8. The first kappa shape index (κ1) is 29.0. The summed E-state index contributed by atoms with van der Waals surface area (Å²) in [5.74, 6) is 3.80. The Balaban J connectivity index is 1.12. The molecule has 4 aliphatic rings. The van der Waals surface area contributed by atoms with Gasteiger partial charge in [-0.05, 0) is 79.0 Å². The van der Waals surface area contributed by atoms with E-state index in [4.69, 9.17) is 9.47 Å². The highest BCUT2D eigenvalue weighted by Crippen LogP contribution is 2.38. The molecular weight excluding hydrogens is 672 g/mol. The molecule has 3 nitrogen and oxygen atoms in total. The summed E-state index contributed by atoms with van der Waals surface area (Å²) in [5.41, 5.74) is 11.2. The number of rotatable bonds is 1. The van der Waals surface area contributed by atoms with Crippen LogP contribution in [0, 0.1) is 0 Å². The maximum Gasteiger partial charge on any atom is 0.250 e. The minimum atomic E-state index is -2.91. The Labute approximate surface area is 314 Å². The second-order valence-corrected chi connectivity index (χ2v) is 18.7. The molecule has 248 valence electrons. The molecule has 0 amide bonds. The Bertz CT molecular complexity index is 3060. The monoisotopic (exact) mass is 701 g/mol. The van der Waals surface area contributed by atoms with Crippen LogP contribution >= 0.6 is 0 Å². The fourth-order valence-corrected chi connectivity index (χ4v) is 16.6. The smallest absolute Gasteiger partial charge is 0.250 e. The molecular formula is C48H29B2NO2Si. The molecule has 5 heterocycles. The highest BCUT2D eigenvalue weighted by atomic mass is 28.3. The van der Waals surface area contributed by atoms with Crippen molar-refractivity contribution in [1.29, 1.82) is 0 Å². The van der Waals surface area contributed by atoms with Gasteiger partial charge in [0.15, 0.2) is 8.07 Å². The van der Waals surface area contributed by atoms with Crippen LogP contribution in [-0.2, 0) is 0 Å². The van der Waals surface area contributed by atoms with Crippen LogP contribution in [0.4, 0.5) is 0 Å². The lowest BCUT2D eigenvalue weighted by molar-refractivity contribution is 0.486. The number of nitrogens with zero attached hydrogens (tertiary/aromatic N) is 1. The van der Waals surface area contributed by atoms with E-state index in [0.717, 1.165) is 28.7 Å². The number of hydrogen-bond acceptors (Lipinski definition) is 2. The first-order valence-electron chi connectivity index (χ1n) is 18.8. The van der Waals surface area contributed by atoms with Crippen molar-refractivity contribution in [3.05, 3.63) is 176 Å². The van der Waals surface area contributed by atoms with Crippen LogP contribution in [0.15, 0.2) is 176 Å². The van der Waals surface area contributed by atoms with Gasteiger partial charge in [0.1, 0.15) is 23.0 Å². The molecule has 0 aliphatic carbocycles. The van der Waals surface area contributed by atoms with E-state index in [-0.39, 0.29) is 13.4 Å². The van der Waals surface area contributed by atoms with Crippen molar-refractivity contribution in [3.63, 3.8) is 0 Å². The van der Waals surface area contributed by atoms with E-state index in [2.05, 4.69) is 180 Å². The third-order valence-corrected chi connectivity index (χ3v) is 17.7. The van der Waals surface area contributed by atoms with E-state index in [1.54, 1.807) is 0 Å². The van der Waals surface area contributed by atoms with Gasteiger partial charge in [0.05, 0.1) is 16.7 Å². The van der Waals surface area contributed by atoms with Crippen LogP contribution in [0.3, 0.4) is 0 Å². The number of para-hydroxylation sites is 4. The molecule has 0 N–H and O–H groups in total. The highest BCUT2D eigenvalue weighted by Gasteiger charge is 2.58. The normalized spacial score (nSPS) is 16.4. The summed E-state index contributed by atoms with van der Waals surface area (Å²) in [5, 5.41) is 8.23. The summed E-state index contributed by atoms with van der Waals surface area (Å²) < 4.78 is 16.5. The van der Waals surface area contributed by atoms with Gasteiger partial charge >= 0.3 is 0 Å². The van der Waals surface area contributed by atoms with Gasteiger partial charge in [-0.1, -0.05) is 150 Å². The van der Waals surface area contributed by atoms with Gasteiger partial charge in [-0.2, -0.15) is 0 Å². The van der Waals surface area contributed by atoms with Crippen LogP contribution in [0.25, 0.3) is 27.5 Å². The maximum absolute atomic E-state index is 7.30. The zero-order valence-electron chi connectivity index (χ0n) is 29.2. The van der Waals surface area contributed by atoms with Crippen molar-refractivity contribution in [2.75, 3.05) is 0 Å². The van der Waals surface area contributed by atoms with E-state index in [1.165, 1.54) is 75.3 Å². The van der Waals surface area contributed by atoms with Gasteiger partial charge < -0.3 is 14.0 Å². The number of aromatic nitrogens is 1. The Morgan fingerprint density at radius 2 is 0.833 bits per heavy atom. The Hall–Kier alpha value is -6.49. The third-order valence-electron chi connectivity index (χ3n) is 12.7. The lowest BCUT2D eigenvalue weighted by Gasteiger charge is -2.49. The standard InChI is InChI=1S/C48H29B2NO2Si/c1-6-20-36-30(14-1)31-15-2-7-21-37(31)51(36)38-22-11-19-35-48(38)53-41-25-13-29-45-47(41)50(35)34-18-5-10-27-43(34)54(45)42-26-9-4-17-33(42)49-32-16-3-8-23-39(32)52-40-24-12-28-44(54)46(40)49/h1-29H. The van der Waals surface area contributed by atoms with E-state index in [0.29, 0.717) is 0 Å². The summed E-state index contributed by atoms with van der Waals surface area (Å²) in [6.45, 7) is 0.120. The molecule has 1 unspecified atom stereocenters. The van der Waals surface area contributed by atoms with Crippen molar-refractivity contribution in [2.24, 2.45) is 0 Å². The average Bonchev–Trinajstić information content (AvgIpc) is 3.57. The van der Waals surface area contributed by atoms with Gasteiger partial charge in [0, 0.05) is 10.8 Å². The molecule has 0 bridgehead atoms. The largest absolute Gasteiger partial charge is 0.458 e. The Kier molecular flexibility index (Phi) is 5.56. The lowest BCUT2D eigenvalue weighted by atomic mass is 9.35. The Morgan fingerprint density at radius 1 is 0.370 bits per heavy atom. The van der Waals surface area contributed by atoms with Crippen molar-refractivity contribution in [3.8, 4) is 28.7 Å². The third kappa shape index (κ3) is 3.41. The minimum absolute atomic E-state index is 0.0173. The maximum atomic E-state index is 7.30. The average molecular weight is 701 g/mol. The van der Waals surface area contributed by atoms with Gasteiger partial charge in [0.25, 0.3) is 13.4 Å². The molecule has 1 spiro atoms. The van der Waals surface area contributed by atoms with Crippen molar-refractivity contribution < 1.29 is 9.47 Å². The van der Waals surface area contributed by atoms with Crippen LogP contribution in [-0.4, -0.2) is 26.1 Å². The fourth-order valence-electron chi connectivity index (χ4n) is 10.8. The zero-order chi connectivity index (χ0) is 35.1. The summed E-state index contributed by atoms with van der Waals surface area (Å²) in [7, 11) is -2.91. The summed E-state index contributed by atoms with van der Waals surface area (Å²) in [4.78, 5) is 0. The van der Waals surface area contributed by atoms with Gasteiger partial charge in [-0.3, -0.25) is 0 Å². The molecule has 54 heavy (non-hydrogen) atoms. The molecule has 1 aromatic heterocycles. The zero-order valence-corrected chi connectivity index (χ0v) is 30.2. The number of ether oxygens (including phenoxy) is 2. The summed E-state index contributed by atoms with van der Waals surface area (Å²) in [6, 6.07) is 65.1. The van der Waals surface area contributed by atoms with E-state index >= 15 is 0 Å². The fraction of sp³-hybridized carbons (Fsp3) is 0. The number of benzene rings is 8. The first-order valence-corrected chi connectivity index (χ1v) is 20.8. The van der Waals surface area contributed by atoms with E-state index in [9.17, 15) is 0 Å². The van der Waals surface area contributed by atoms with Crippen LogP contribution in [0.2, 0.25) is 0 Å². The van der Waals surface area contributed by atoms with Gasteiger partial charge in [0.2, 0.25) is 0 Å². The SMILES string of the molecule is c1ccc2c(c1)Oc1cccc3c1B2c1ccccc1[Si]31c2ccccc2B2c3cccc(-n4c5ccccc5c5ccccc54)c3Oc3cccc1c32. The quantitative estimate of drug-likeness (QED) is 0.242. The van der Waals surface area contributed by atoms with Gasteiger partial charge in [-0.25, -0.2) is 0 Å². The number of hydrogen-bond donors (Lipinski definition) is 0. The van der Waals surface area contributed by atoms with Crippen LogP contribution in [0.1, 0.15) is 0 Å². The Morgan fingerprint density at radius 3 is 1.50 bits per heavy atom. The molecule has 13 rings (SSSR count). The predicted molar refractivity (Wildman–Crippen MR) is 227 cm³/mol. The van der Waals surface area contributed by atoms with Crippen molar-refractivity contribution in [1.82, 2.24) is 4.57 Å². The molecule has 4 aliphatic heterocycles. The summed E-state index contributed by atoms with van der Waals surface area (Å²) in [6.07, 6.45) is 0. The highest BCUT2D eigenvalue weighted by molar-refractivity contribution is 7.31. The minimum Gasteiger partial charge on any atom is -0.458 e. The molecule has 0 radical (unpaired) electrons. The second-order valence-electron chi connectivity index (χ2n) is 15.0.